The minimum atomic E-state index is 0.778. The molecule has 4 heteroatoms. The lowest BCUT2D eigenvalue weighted by Crippen LogP contribution is -2.38. The Balaban J connectivity index is 1.72. The van der Waals surface area contributed by atoms with E-state index >= 15 is 0 Å². The quantitative estimate of drug-likeness (QED) is 0.669. The van der Waals surface area contributed by atoms with E-state index in [0.717, 1.165) is 36.2 Å². The van der Waals surface area contributed by atoms with Gasteiger partial charge in [-0.3, -0.25) is 0 Å². The molecule has 90 valence electrons. The predicted octanol–water partition coefficient (Wildman–Crippen LogP) is 2.63. The first kappa shape index (κ1) is 12.4. The average molecular weight is 267 g/mol. The summed E-state index contributed by atoms with van der Waals surface area (Å²) in [4.78, 5) is 2.14. The van der Waals surface area contributed by atoms with Crippen molar-refractivity contribution in [3.63, 3.8) is 0 Å². The standard InChI is InChI=1S/C13H15ClN2S/c14-12-5-3-11(4-6-12)7-8-15-13(17)16-9-1-2-10-16/h1-6H,7-10H2,(H,15,17). The van der Waals surface area contributed by atoms with Crippen molar-refractivity contribution in [1.29, 1.82) is 0 Å². The maximum atomic E-state index is 5.83. The van der Waals surface area contributed by atoms with E-state index in [0.29, 0.717) is 0 Å². The van der Waals surface area contributed by atoms with Crippen LogP contribution in [0, 0.1) is 0 Å². The van der Waals surface area contributed by atoms with Crippen LogP contribution in [0.5, 0.6) is 0 Å². The summed E-state index contributed by atoms with van der Waals surface area (Å²) in [5.74, 6) is 0. The molecule has 1 aliphatic heterocycles. The second kappa shape index (κ2) is 6.03. The fourth-order valence-corrected chi connectivity index (χ4v) is 2.10. The van der Waals surface area contributed by atoms with Crippen LogP contribution < -0.4 is 5.32 Å². The lowest BCUT2D eigenvalue weighted by atomic mass is 10.1. The molecular weight excluding hydrogens is 252 g/mol. The molecule has 0 unspecified atom stereocenters. The SMILES string of the molecule is S=C(NCCc1ccc(Cl)cc1)N1CC=CC1. The van der Waals surface area contributed by atoms with Gasteiger partial charge in [-0.05, 0) is 36.3 Å². The van der Waals surface area contributed by atoms with E-state index in [1.165, 1.54) is 5.56 Å². The zero-order valence-electron chi connectivity index (χ0n) is 9.53. The number of nitrogens with zero attached hydrogens (tertiary/aromatic N) is 1. The second-order valence-corrected chi connectivity index (χ2v) is 4.81. The summed E-state index contributed by atoms with van der Waals surface area (Å²) in [6.07, 6.45) is 5.22. The van der Waals surface area contributed by atoms with E-state index in [4.69, 9.17) is 23.8 Å². The zero-order chi connectivity index (χ0) is 12.1. The highest BCUT2D eigenvalue weighted by Gasteiger charge is 2.09. The van der Waals surface area contributed by atoms with Gasteiger partial charge in [-0.15, -0.1) is 0 Å². The summed E-state index contributed by atoms with van der Waals surface area (Å²) in [6, 6.07) is 7.92. The number of thiocarbonyl (C=S) groups is 1. The summed E-state index contributed by atoms with van der Waals surface area (Å²) in [5.41, 5.74) is 1.27. The number of rotatable bonds is 3. The smallest absolute Gasteiger partial charge is 0.169 e. The Morgan fingerprint density at radius 1 is 1.24 bits per heavy atom. The molecule has 1 aromatic rings. The third-order valence-corrected chi connectivity index (χ3v) is 3.36. The Labute approximate surface area is 112 Å². The molecule has 2 rings (SSSR count). The largest absolute Gasteiger partial charge is 0.362 e. The zero-order valence-corrected chi connectivity index (χ0v) is 11.1. The van der Waals surface area contributed by atoms with Gasteiger partial charge in [0.25, 0.3) is 0 Å². The van der Waals surface area contributed by atoms with E-state index in [1.54, 1.807) is 0 Å². The first-order chi connectivity index (χ1) is 8.25. The summed E-state index contributed by atoms with van der Waals surface area (Å²) >= 11 is 11.1. The molecular formula is C13H15ClN2S. The van der Waals surface area contributed by atoms with Gasteiger partial charge in [-0.2, -0.15) is 0 Å². The van der Waals surface area contributed by atoms with Crippen molar-refractivity contribution in [1.82, 2.24) is 10.2 Å². The van der Waals surface area contributed by atoms with Gasteiger partial charge in [-0.1, -0.05) is 35.9 Å². The van der Waals surface area contributed by atoms with Crippen LogP contribution in [-0.2, 0) is 6.42 Å². The van der Waals surface area contributed by atoms with E-state index < -0.39 is 0 Å². The Kier molecular flexibility index (Phi) is 4.40. The number of hydrogen-bond acceptors (Lipinski definition) is 1. The first-order valence-corrected chi connectivity index (χ1v) is 6.46. The third kappa shape index (κ3) is 3.72. The third-order valence-electron chi connectivity index (χ3n) is 2.71. The lowest BCUT2D eigenvalue weighted by Gasteiger charge is -2.19. The fourth-order valence-electron chi connectivity index (χ4n) is 1.72. The van der Waals surface area contributed by atoms with E-state index in [-0.39, 0.29) is 0 Å². The van der Waals surface area contributed by atoms with E-state index in [1.807, 2.05) is 24.3 Å². The minimum absolute atomic E-state index is 0.778. The van der Waals surface area contributed by atoms with Crippen LogP contribution in [0.25, 0.3) is 0 Å². The van der Waals surface area contributed by atoms with Crippen molar-refractivity contribution < 1.29 is 0 Å². The normalized spacial score (nSPS) is 14.1. The number of halogens is 1. The molecule has 0 aromatic heterocycles. The predicted molar refractivity (Wildman–Crippen MR) is 76.5 cm³/mol. The molecule has 0 fully saturated rings. The molecule has 0 spiro atoms. The van der Waals surface area contributed by atoms with Crippen molar-refractivity contribution in [2.75, 3.05) is 19.6 Å². The molecule has 0 bridgehead atoms. The lowest BCUT2D eigenvalue weighted by molar-refractivity contribution is 0.526. The van der Waals surface area contributed by atoms with Gasteiger partial charge in [0.2, 0.25) is 0 Å². The van der Waals surface area contributed by atoms with Crippen LogP contribution in [-0.4, -0.2) is 29.6 Å². The highest BCUT2D eigenvalue weighted by atomic mass is 35.5. The topological polar surface area (TPSA) is 15.3 Å². The fraction of sp³-hybridized carbons (Fsp3) is 0.308. The van der Waals surface area contributed by atoms with Gasteiger partial charge in [0.05, 0.1) is 0 Å². The monoisotopic (exact) mass is 266 g/mol. The molecule has 1 aromatic carbocycles. The van der Waals surface area contributed by atoms with Crippen molar-refractivity contribution in [3.8, 4) is 0 Å². The Hall–Kier alpha value is -1.06. The van der Waals surface area contributed by atoms with Crippen LogP contribution in [0.3, 0.4) is 0 Å². The first-order valence-electron chi connectivity index (χ1n) is 5.68. The molecule has 2 nitrogen and oxygen atoms in total. The van der Waals surface area contributed by atoms with Crippen molar-refractivity contribution in [2.45, 2.75) is 6.42 Å². The maximum absolute atomic E-state index is 5.83. The van der Waals surface area contributed by atoms with Crippen molar-refractivity contribution >= 4 is 28.9 Å². The van der Waals surface area contributed by atoms with E-state index in [2.05, 4.69) is 22.4 Å². The molecule has 1 N–H and O–H groups in total. The molecule has 0 amide bonds. The second-order valence-electron chi connectivity index (χ2n) is 3.98. The average Bonchev–Trinajstić information content (AvgIpc) is 2.85. The minimum Gasteiger partial charge on any atom is -0.362 e. The summed E-state index contributed by atoms with van der Waals surface area (Å²) in [6.45, 7) is 2.70. The summed E-state index contributed by atoms with van der Waals surface area (Å²) < 4.78 is 0. The molecule has 0 saturated carbocycles. The molecule has 0 aliphatic carbocycles. The maximum Gasteiger partial charge on any atom is 0.169 e. The van der Waals surface area contributed by atoms with Crippen molar-refractivity contribution in [2.24, 2.45) is 0 Å². The van der Waals surface area contributed by atoms with E-state index in [9.17, 15) is 0 Å². The highest BCUT2D eigenvalue weighted by molar-refractivity contribution is 7.80. The van der Waals surface area contributed by atoms with Crippen LogP contribution in [0.1, 0.15) is 5.56 Å². The number of benzene rings is 1. The van der Waals surface area contributed by atoms with Gasteiger partial charge in [0, 0.05) is 24.7 Å². The number of nitrogens with one attached hydrogen (secondary N) is 1. The number of hydrogen-bond donors (Lipinski definition) is 1. The Bertz CT molecular complexity index is 406. The van der Waals surface area contributed by atoms with Crippen molar-refractivity contribution in [3.05, 3.63) is 47.0 Å². The molecule has 1 aliphatic rings. The van der Waals surface area contributed by atoms with Crippen LogP contribution in [0.4, 0.5) is 0 Å². The molecule has 1 heterocycles. The highest BCUT2D eigenvalue weighted by Crippen LogP contribution is 2.09. The molecule has 0 radical (unpaired) electrons. The molecule has 17 heavy (non-hydrogen) atoms. The Morgan fingerprint density at radius 2 is 1.88 bits per heavy atom. The molecule has 0 atom stereocenters. The summed E-state index contributed by atoms with van der Waals surface area (Å²) in [5, 5.41) is 4.89. The van der Waals surface area contributed by atoms with Crippen LogP contribution in [0.2, 0.25) is 5.02 Å². The summed E-state index contributed by atoms with van der Waals surface area (Å²) in [7, 11) is 0. The van der Waals surface area contributed by atoms with Gasteiger partial charge < -0.3 is 10.2 Å². The van der Waals surface area contributed by atoms with Gasteiger partial charge >= 0.3 is 0 Å². The Morgan fingerprint density at radius 3 is 2.53 bits per heavy atom. The van der Waals surface area contributed by atoms with Gasteiger partial charge in [0.15, 0.2) is 5.11 Å². The van der Waals surface area contributed by atoms with Crippen LogP contribution in [0.15, 0.2) is 36.4 Å². The van der Waals surface area contributed by atoms with Crippen LogP contribution >= 0.6 is 23.8 Å². The van der Waals surface area contributed by atoms with Gasteiger partial charge in [0.1, 0.15) is 0 Å². The molecule has 0 saturated heterocycles. The van der Waals surface area contributed by atoms with Gasteiger partial charge in [-0.25, -0.2) is 0 Å².